The summed E-state index contributed by atoms with van der Waals surface area (Å²) >= 11 is 0. The molecule has 18 heavy (non-hydrogen) atoms. The van der Waals surface area contributed by atoms with Crippen molar-refractivity contribution in [1.82, 2.24) is 0 Å². The van der Waals surface area contributed by atoms with Gasteiger partial charge >= 0.3 is 0 Å². The first kappa shape index (κ1) is 15.7. The fourth-order valence-corrected chi connectivity index (χ4v) is 2.08. The van der Waals surface area contributed by atoms with E-state index in [0.717, 1.165) is 0 Å². The highest BCUT2D eigenvalue weighted by Gasteiger charge is 2.47. The lowest BCUT2D eigenvalue weighted by molar-refractivity contribution is -0.270. The predicted octanol–water partition coefficient (Wildman–Crippen LogP) is 0.700. The van der Waals surface area contributed by atoms with Crippen LogP contribution < -0.4 is 5.73 Å². The van der Waals surface area contributed by atoms with Crippen LogP contribution in [0.4, 0.5) is 0 Å². The smallest absolute Gasteiger partial charge is 0.178 e. The molecule has 1 saturated heterocycles. The van der Waals surface area contributed by atoms with Crippen LogP contribution in [-0.2, 0) is 14.2 Å². The predicted molar refractivity (Wildman–Crippen MR) is 68.8 cm³/mol. The third-order valence-corrected chi connectivity index (χ3v) is 2.92. The molecule has 5 atom stereocenters. The van der Waals surface area contributed by atoms with Crippen LogP contribution in [0.2, 0.25) is 0 Å². The number of aliphatic hydroxyl groups excluding tert-OH is 1. The van der Waals surface area contributed by atoms with Crippen LogP contribution in [0.25, 0.3) is 0 Å². The van der Waals surface area contributed by atoms with Gasteiger partial charge in [0, 0.05) is 0 Å². The molecule has 5 unspecified atom stereocenters. The van der Waals surface area contributed by atoms with Crippen LogP contribution in [0.3, 0.4) is 0 Å². The van der Waals surface area contributed by atoms with Gasteiger partial charge in [-0.2, -0.15) is 0 Å². The van der Waals surface area contributed by atoms with Crippen LogP contribution in [0.15, 0.2) is 0 Å². The van der Waals surface area contributed by atoms with Crippen molar-refractivity contribution in [3.05, 3.63) is 6.92 Å². The number of rotatable bonds is 5. The van der Waals surface area contributed by atoms with E-state index in [4.69, 9.17) is 19.9 Å². The average Bonchev–Trinajstić information content (AvgIpc) is 2.27. The Bertz CT molecular complexity index is 245. The van der Waals surface area contributed by atoms with E-state index in [1.807, 2.05) is 27.7 Å². The maximum absolute atomic E-state index is 9.40. The van der Waals surface area contributed by atoms with Crippen LogP contribution >= 0.6 is 0 Å². The SMILES string of the molecule is [CH2+]C1C(N)C(OC(C)C)OC(CO)C1OC(C)C. The molecule has 1 fully saturated rings. The number of ether oxygens (including phenoxy) is 3. The molecule has 0 radical (unpaired) electrons. The Labute approximate surface area is 110 Å². The Hall–Kier alpha value is -0.330. The number of hydrogen-bond donors (Lipinski definition) is 2. The molecular weight excluding hydrogens is 234 g/mol. The Morgan fingerprint density at radius 3 is 2.22 bits per heavy atom. The van der Waals surface area contributed by atoms with Gasteiger partial charge in [0.2, 0.25) is 0 Å². The van der Waals surface area contributed by atoms with E-state index in [0.29, 0.717) is 0 Å². The molecule has 106 valence electrons. The monoisotopic (exact) mass is 260 g/mol. The molecule has 1 aliphatic rings. The van der Waals surface area contributed by atoms with Crippen molar-refractivity contribution in [2.24, 2.45) is 11.7 Å². The van der Waals surface area contributed by atoms with Gasteiger partial charge < -0.3 is 25.1 Å². The lowest BCUT2D eigenvalue weighted by atomic mass is 9.89. The first-order valence-corrected chi connectivity index (χ1v) is 6.52. The molecule has 0 saturated carbocycles. The molecule has 0 spiro atoms. The van der Waals surface area contributed by atoms with Gasteiger partial charge in [-0.25, -0.2) is 0 Å². The van der Waals surface area contributed by atoms with E-state index < -0.39 is 12.4 Å². The van der Waals surface area contributed by atoms with Crippen molar-refractivity contribution >= 4 is 0 Å². The molecule has 0 bridgehead atoms. The normalized spacial score (nSPS) is 37.4. The summed E-state index contributed by atoms with van der Waals surface area (Å²) in [7, 11) is 0. The topological polar surface area (TPSA) is 73.9 Å². The molecular formula is C13H26NO4+. The number of nitrogens with two attached hydrogens (primary N) is 1. The van der Waals surface area contributed by atoms with Crippen LogP contribution in [-0.4, -0.2) is 48.5 Å². The molecule has 1 heterocycles. The third-order valence-electron chi connectivity index (χ3n) is 2.92. The zero-order valence-electron chi connectivity index (χ0n) is 11.7. The van der Waals surface area contributed by atoms with Gasteiger partial charge in [0.25, 0.3) is 0 Å². The van der Waals surface area contributed by atoms with Crippen molar-refractivity contribution < 1.29 is 19.3 Å². The van der Waals surface area contributed by atoms with Gasteiger partial charge in [-0.05, 0) is 27.7 Å². The summed E-state index contributed by atoms with van der Waals surface area (Å²) in [6, 6.07) is -0.362. The highest BCUT2D eigenvalue weighted by atomic mass is 16.7. The minimum atomic E-state index is -0.545. The molecule has 0 aromatic heterocycles. The second-order valence-corrected chi connectivity index (χ2v) is 5.30. The number of hydrogen-bond acceptors (Lipinski definition) is 5. The van der Waals surface area contributed by atoms with Gasteiger partial charge in [0.1, 0.15) is 24.2 Å². The summed E-state index contributed by atoms with van der Waals surface area (Å²) in [5.41, 5.74) is 6.08. The fourth-order valence-electron chi connectivity index (χ4n) is 2.08. The summed E-state index contributed by atoms with van der Waals surface area (Å²) in [4.78, 5) is 0. The largest absolute Gasteiger partial charge is 0.394 e. The highest BCUT2D eigenvalue weighted by molar-refractivity contribution is 4.94. The Kier molecular flexibility index (Phi) is 5.88. The molecule has 0 aromatic carbocycles. The van der Waals surface area contributed by atoms with Gasteiger partial charge in [0.15, 0.2) is 6.29 Å². The van der Waals surface area contributed by atoms with Crippen LogP contribution in [0.5, 0.6) is 0 Å². The quantitative estimate of drug-likeness (QED) is 0.712. The van der Waals surface area contributed by atoms with E-state index in [9.17, 15) is 5.11 Å². The maximum Gasteiger partial charge on any atom is 0.178 e. The molecule has 1 rings (SSSR count). The van der Waals surface area contributed by atoms with Crippen molar-refractivity contribution in [3.63, 3.8) is 0 Å². The lowest BCUT2D eigenvalue weighted by Crippen LogP contribution is -2.60. The Morgan fingerprint density at radius 2 is 1.78 bits per heavy atom. The van der Waals surface area contributed by atoms with E-state index in [1.54, 1.807) is 0 Å². The van der Waals surface area contributed by atoms with Gasteiger partial charge in [-0.15, -0.1) is 0 Å². The van der Waals surface area contributed by atoms with Crippen molar-refractivity contribution in [2.45, 2.75) is 64.4 Å². The number of aliphatic hydroxyl groups is 1. The van der Waals surface area contributed by atoms with Crippen molar-refractivity contribution in [3.8, 4) is 0 Å². The molecule has 3 N–H and O–H groups in total. The zero-order valence-corrected chi connectivity index (χ0v) is 11.7. The van der Waals surface area contributed by atoms with Gasteiger partial charge in [-0.1, -0.05) is 0 Å². The summed E-state index contributed by atoms with van der Waals surface area (Å²) < 4.78 is 17.0. The first-order chi connectivity index (χ1) is 8.36. The first-order valence-electron chi connectivity index (χ1n) is 6.52. The van der Waals surface area contributed by atoms with Crippen molar-refractivity contribution in [1.29, 1.82) is 0 Å². The minimum absolute atomic E-state index is 0.00941. The second-order valence-electron chi connectivity index (χ2n) is 5.30. The van der Waals surface area contributed by atoms with Gasteiger partial charge in [-0.3, -0.25) is 0 Å². The Morgan fingerprint density at radius 1 is 1.22 bits per heavy atom. The van der Waals surface area contributed by atoms with Crippen LogP contribution in [0.1, 0.15) is 27.7 Å². The lowest BCUT2D eigenvalue weighted by Gasteiger charge is -2.41. The van der Waals surface area contributed by atoms with E-state index in [2.05, 4.69) is 6.92 Å². The summed E-state index contributed by atoms with van der Waals surface area (Å²) in [6.45, 7) is 11.6. The van der Waals surface area contributed by atoms with E-state index in [-0.39, 0.29) is 36.9 Å². The Balaban J connectivity index is 2.74. The highest BCUT2D eigenvalue weighted by Crippen LogP contribution is 2.28. The second kappa shape index (κ2) is 6.73. The summed E-state index contributed by atoms with van der Waals surface area (Å²) in [5, 5.41) is 9.40. The summed E-state index contributed by atoms with van der Waals surface area (Å²) in [5.74, 6) is -0.179. The molecule has 0 aliphatic carbocycles. The molecule has 5 heteroatoms. The average molecular weight is 260 g/mol. The van der Waals surface area contributed by atoms with E-state index in [1.165, 1.54) is 0 Å². The fraction of sp³-hybridized carbons (Fsp3) is 0.923. The molecule has 0 aromatic rings. The van der Waals surface area contributed by atoms with Gasteiger partial charge in [0.05, 0.1) is 25.7 Å². The maximum atomic E-state index is 9.40. The zero-order chi connectivity index (χ0) is 13.9. The molecule has 5 nitrogen and oxygen atoms in total. The van der Waals surface area contributed by atoms with Crippen molar-refractivity contribution in [2.75, 3.05) is 6.61 Å². The standard InChI is InChI=1S/C13H26NO4/c1-7(2)16-12-9(5)11(14)13(17-8(3)4)18-10(12)6-15/h7-13,15H,5-6,14H2,1-4H3/q+1. The molecule has 0 amide bonds. The van der Waals surface area contributed by atoms with E-state index >= 15 is 0 Å². The van der Waals surface area contributed by atoms with Crippen LogP contribution in [0, 0.1) is 12.8 Å². The summed E-state index contributed by atoms with van der Waals surface area (Å²) in [6.07, 6.45) is -1.26. The minimum Gasteiger partial charge on any atom is -0.394 e. The molecule has 1 aliphatic heterocycles. The third kappa shape index (κ3) is 3.83.